The lowest BCUT2D eigenvalue weighted by Gasteiger charge is -2.28. The first-order valence-corrected chi connectivity index (χ1v) is 5.96. The van der Waals surface area contributed by atoms with E-state index < -0.39 is 0 Å². The zero-order chi connectivity index (χ0) is 11.7. The molecule has 0 saturated carbocycles. The van der Waals surface area contributed by atoms with Crippen LogP contribution in [0.4, 0.5) is 0 Å². The molecule has 0 aliphatic carbocycles. The number of amides is 1. The second kappa shape index (κ2) is 4.25. The molecule has 5 heteroatoms. The van der Waals surface area contributed by atoms with Crippen molar-refractivity contribution in [1.82, 2.24) is 15.4 Å². The van der Waals surface area contributed by atoms with E-state index in [1.54, 1.807) is 23.5 Å². The SMILES string of the molecule is O=C(C1=CC2=CNON2C=C1)N1CCCCC1. The molecule has 17 heavy (non-hydrogen) atoms. The second-order valence-corrected chi connectivity index (χ2v) is 4.37. The van der Waals surface area contributed by atoms with E-state index in [0.29, 0.717) is 0 Å². The fraction of sp³-hybridized carbons (Fsp3) is 0.417. The third kappa shape index (κ3) is 1.93. The van der Waals surface area contributed by atoms with Crippen LogP contribution < -0.4 is 5.48 Å². The molecular weight excluding hydrogens is 218 g/mol. The molecule has 0 aromatic rings. The molecule has 0 unspecified atom stereocenters. The summed E-state index contributed by atoms with van der Waals surface area (Å²) in [4.78, 5) is 19.2. The lowest BCUT2D eigenvalue weighted by molar-refractivity contribution is -0.128. The molecule has 5 nitrogen and oxygen atoms in total. The van der Waals surface area contributed by atoms with Crippen molar-refractivity contribution >= 4 is 5.91 Å². The number of nitrogens with zero attached hydrogens (tertiary/aromatic N) is 2. The van der Waals surface area contributed by atoms with Crippen molar-refractivity contribution in [2.24, 2.45) is 0 Å². The van der Waals surface area contributed by atoms with E-state index >= 15 is 0 Å². The predicted molar refractivity (Wildman–Crippen MR) is 61.8 cm³/mol. The van der Waals surface area contributed by atoms with Crippen molar-refractivity contribution in [2.45, 2.75) is 19.3 Å². The van der Waals surface area contributed by atoms with Gasteiger partial charge in [-0.05, 0) is 31.4 Å². The molecule has 1 amide bonds. The minimum Gasteiger partial charge on any atom is -0.339 e. The molecule has 3 rings (SSSR count). The Kier molecular flexibility index (Phi) is 2.60. The zero-order valence-corrected chi connectivity index (χ0v) is 9.56. The first-order chi connectivity index (χ1) is 8.34. The number of likely N-dealkylation sites (tertiary alicyclic amines) is 1. The van der Waals surface area contributed by atoms with Gasteiger partial charge in [0.05, 0.1) is 11.9 Å². The predicted octanol–water partition coefficient (Wildman–Crippen LogP) is 1.05. The number of allylic oxidation sites excluding steroid dienone is 1. The number of piperidine rings is 1. The van der Waals surface area contributed by atoms with Gasteiger partial charge in [-0.15, -0.1) is 0 Å². The largest absolute Gasteiger partial charge is 0.339 e. The Labute approximate surface area is 99.9 Å². The van der Waals surface area contributed by atoms with E-state index in [-0.39, 0.29) is 5.91 Å². The van der Waals surface area contributed by atoms with E-state index in [0.717, 1.165) is 37.2 Å². The highest BCUT2D eigenvalue weighted by molar-refractivity contribution is 5.97. The third-order valence-electron chi connectivity index (χ3n) is 3.20. The van der Waals surface area contributed by atoms with Crippen molar-refractivity contribution in [1.29, 1.82) is 0 Å². The van der Waals surface area contributed by atoms with Gasteiger partial charge >= 0.3 is 0 Å². The molecule has 3 heterocycles. The number of hydrogen-bond donors (Lipinski definition) is 1. The summed E-state index contributed by atoms with van der Waals surface area (Å²) in [6.07, 6.45) is 10.6. The van der Waals surface area contributed by atoms with Gasteiger partial charge in [0, 0.05) is 24.9 Å². The number of fused-ring (bicyclic) bond motifs is 1. The number of nitrogens with one attached hydrogen (secondary N) is 1. The van der Waals surface area contributed by atoms with Crippen molar-refractivity contribution in [2.75, 3.05) is 13.1 Å². The summed E-state index contributed by atoms with van der Waals surface area (Å²) in [6, 6.07) is 0. The fourth-order valence-corrected chi connectivity index (χ4v) is 2.25. The first kappa shape index (κ1) is 10.4. The van der Waals surface area contributed by atoms with Gasteiger partial charge in [-0.25, -0.2) is 10.5 Å². The number of hydroxylamine groups is 3. The lowest BCUT2D eigenvalue weighted by Crippen LogP contribution is -2.36. The van der Waals surface area contributed by atoms with Crippen molar-refractivity contribution < 1.29 is 9.73 Å². The highest BCUT2D eigenvalue weighted by atomic mass is 16.8. The van der Waals surface area contributed by atoms with E-state index in [4.69, 9.17) is 4.94 Å². The van der Waals surface area contributed by atoms with Gasteiger partial charge < -0.3 is 4.90 Å². The average molecular weight is 233 g/mol. The topological polar surface area (TPSA) is 44.8 Å². The Morgan fingerprint density at radius 1 is 1.29 bits per heavy atom. The van der Waals surface area contributed by atoms with Crippen LogP contribution in [0.2, 0.25) is 0 Å². The molecule has 90 valence electrons. The molecule has 0 spiro atoms. The minimum atomic E-state index is 0.119. The number of carbonyl (C=O) groups is 1. The van der Waals surface area contributed by atoms with E-state index in [1.165, 1.54) is 6.42 Å². The maximum Gasteiger partial charge on any atom is 0.253 e. The summed E-state index contributed by atoms with van der Waals surface area (Å²) < 4.78 is 0. The molecule has 0 aromatic carbocycles. The summed E-state index contributed by atoms with van der Waals surface area (Å²) in [7, 11) is 0. The van der Waals surface area contributed by atoms with E-state index in [1.807, 2.05) is 11.0 Å². The molecular formula is C12H15N3O2. The van der Waals surface area contributed by atoms with Crippen LogP contribution in [0.25, 0.3) is 0 Å². The average Bonchev–Trinajstić information content (AvgIpc) is 2.86. The summed E-state index contributed by atoms with van der Waals surface area (Å²) in [6.45, 7) is 1.75. The Hall–Kier alpha value is -1.75. The molecule has 1 fully saturated rings. The Bertz CT molecular complexity index is 419. The summed E-state index contributed by atoms with van der Waals surface area (Å²) >= 11 is 0. The van der Waals surface area contributed by atoms with E-state index in [2.05, 4.69) is 5.48 Å². The standard InChI is InChI=1S/C12H15N3O2/c16-12(14-5-2-1-3-6-14)10-4-7-15-11(8-10)9-13-17-15/h4,7-9,13H,1-3,5-6H2. The summed E-state index contributed by atoms with van der Waals surface area (Å²) in [5.41, 5.74) is 4.22. The summed E-state index contributed by atoms with van der Waals surface area (Å²) in [5.74, 6) is 0.119. The van der Waals surface area contributed by atoms with E-state index in [9.17, 15) is 4.79 Å². The third-order valence-corrected chi connectivity index (χ3v) is 3.20. The van der Waals surface area contributed by atoms with Crippen LogP contribution in [0.5, 0.6) is 0 Å². The molecule has 1 saturated heterocycles. The minimum absolute atomic E-state index is 0.119. The van der Waals surface area contributed by atoms with Crippen molar-refractivity contribution in [3.05, 3.63) is 35.8 Å². The molecule has 1 N–H and O–H groups in total. The normalized spacial score (nSPS) is 22.8. The quantitative estimate of drug-likeness (QED) is 0.735. The van der Waals surface area contributed by atoms with Gasteiger partial charge in [-0.2, -0.15) is 4.94 Å². The van der Waals surface area contributed by atoms with Crippen LogP contribution in [0, 0.1) is 0 Å². The fourth-order valence-electron chi connectivity index (χ4n) is 2.25. The number of rotatable bonds is 1. The molecule has 0 aromatic heterocycles. The van der Waals surface area contributed by atoms with Gasteiger partial charge in [0.15, 0.2) is 0 Å². The first-order valence-electron chi connectivity index (χ1n) is 5.96. The van der Waals surface area contributed by atoms with Crippen LogP contribution >= 0.6 is 0 Å². The van der Waals surface area contributed by atoms with Crippen LogP contribution in [0.15, 0.2) is 35.8 Å². The highest BCUT2D eigenvalue weighted by Gasteiger charge is 2.23. The zero-order valence-electron chi connectivity index (χ0n) is 9.56. The summed E-state index contributed by atoms with van der Waals surface area (Å²) in [5, 5.41) is 1.59. The lowest BCUT2D eigenvalue weighted by atomic mass is 10.1. The van der Waals surface area contributed by atoms with Gasteiger partial charge in [-0.1, -0.05) is 0 Å². The second-order valence-electron chi connectivity index (χ2n) is 4.37. The van der Waals surface area contributed by atoms with Crippen LogP contribution in [-0.4, -0.2) is 29.0 Å². The maximum atomic E-state index is 12.2. The molecule has 3 aliphatic rings. The molecule has 0 radical (unpaired) electrons. The Morgan fingerprint density at radius 3 is 2.94 bits per heavy atom. The van der Waals surface area contributed by atoms with Gasteiger partial charge in [-0.3, -0.25) is 4.79 Å². The van der Waals surface area contributed by atoms with Gasteiger partial charge in [0.25, 0.3) is 5.91 Å². The van der Waals surface area contributed by atoms with Crippen LogP contribution in [0.1, 0.15) is 19.3 Å². The maximum absolute atomic E-state index is 12.2. The van der Waals surface area contributed by atoms with Crippen LogP contribution in [-0.2, 0) is 9.73 Å². The van der Waals surface area contributed by atoms with Crippen molar-refractivity contribution in [3.8, 4) is 0 Å². The van der Waals surface area contributed by atoms with Gasteiger partial charge in [0.1, 0.15) is 0 Å². The Morgan fingerprint density at radius 2 is 2.12 bits per heavy atom. The smallest absolute Gasteiger partial charge is 0.253 e. The number of carbonyl (C=O) groups excluding carboxylic acids is 1. The van der Waals surface area contributed by atoms with Crippen molar-refractivity contribution in [3.63, 3.8) is 0 Å². The van der Waals surface area contributed by atoms with Gasteiger partial charge in [0.2, 0.25) is 0 Å². The highest BCUT2D eigenvalue weighted by Crippen LogP contribution is 2.22. The molecule has 0 bridgehead atoms. The molecule has 0 atom stereocenters. The number of hydrogen-bond acceptors (Lipinski definition) is 4. The Balaban J connectivity index is 1.75. The monoisotopic (exact) mass is 233 g/mol. The molecule has 3 aliphatic heterocycles. The van der Waals surface area contributed by atoms with Crippen LogP contribution in [0.3, 0.4) is 0 Å².